The number of carbonyl (C=O) groups is 2. The Morgan fingerprint density at radius 2 is 1.68 bits per heavy atom. The van der Waals surface area contributed by atoms with E-state index in [0.29, 0.717) is 18.8 Å². The fraction of sp³-hybridized carbons (Fsp3) is 0.333. The highest BCUT2D eigenvalue weighted by molar-refractivity contribution is 7.89. The quantitative estimate of drug-likeness (QED) is 0.621. The van der Waals surface area contributed by atoms with Gasteiger partial charge in [0.05, 0.1) is 23.7 Å². The zero-order valence-corrected chi connectivity index (χ0v) is 17.9. The molecule has 2 aromatic carbocycles. The van der Waals surface area contributed by atoms with Crippen LogP contribution < -0.4 is 10.6 Å². The number of nitrogens with one attached hydrogen (secondary N) is 2. The first-order valence-electron chi connectivity index (χ1n) is 9.80. The predicted octanol–water partition coefficient (Wildman–Crippen LogP) is 1.31. The summed E-state index contributed by atoms with van der Waals surface area (Å²) in [6.45, 7) is 2.83. The van der Waals surface area contributed by atoms with E-state index in [0.717, 1.165) is 6.07 Å². The van der Waals surface area contributed by atoms with Gasteiger partial charge in [0.2, 0.25) is 10.0 Å². The molecule has 0 radical (unpaired) electrons. The molecule has 0 bridgehead atoms. The normalized spacial score (nSPS) is 14.8. The number of ether oxygens (including phenoxy) is 1. The van der Waals surface area contributed by atoms with E-state index in [1.807, 2.05) is 0 Å². The molecule has 8 nitrogen and oxygen atoms in total. The van der Waals surface area contributed by atoms with Crippen LogP contribution in [0.25, 0.3) is 0 Å². The summed E-state index contributed by atoms with van der Waals surface area (Å²) in [5, 5.41) is 5.19. The van der Waals surface area contributed by atoms with Gasteiger partial charge in [0.1, 0.15) is 5.82 Å². The molecule has 2 N–H and O–H groups in total. The maximum Gasteiger partial charge on any atom is 0.252 e. The summed E-state index contributed by atoms with van der Waals surface area (Å²) in [5.41, 5.74) is 0.645. The second-order valence-corrected chi connectivity index (χ2v) is 8.89. The van der Waals surface area contributed by atoms with Crippen molar-refractivity contribution in [2.45, 2.75) is 11.8 Å². The first kappa shape index (κ1) is 22.9. The lowest BCUT2D eigenvalue weighted by Crippen LogP contribution is -2.41. The smallest absolute Gasteiger partial charge is 0.252 e. The van der Waals surface area contributed by atoms with Crippen molar-refractivity contribution in [3.8, 4) is 0 Å². The predicted molar refractivity (Wildman–Crippen MR) is 112 cm³/mol. The van der Waals surface area contributed by atoms with Crippen molar-refractivity contribution in [3.63, 3.8) is 0 Å². The maximum absolute atomic E-state index is 13.6. The fourth-order valence-corrected chi connectivity index (χ4v) is 4.69. The Hall–Kier alpha value is -2.82. The molecule has 2 amide bonds. The average Bonchev–Trinajstić information content (AvgIpc) is 2.78. The summed E-state index contributed by atoms with van der Waals surface area (Å²) in [6, 6.07) is 10.2. The Morgan fingerprint density at radius 3 is 2.35 bits per heavy atom. The molecule has 0 spiro atoms. The van der Waals surface area contributed by atoms with Gasteiger partial charge in [-0.25, -0.2) is 12.8 Å². The lowest BCUT2D eigenvalue weighted by atomic mass is 10.1. The van der Waals surface area contributed by atoms with Crippen molar-refractivity contribution < 1.29 is 27.1 Å². The summed E-state index contributed by atoms with van der Waals surface area (Å²) in [7, 11) is -3.84. The minimum atomic E-state index is -3.84. The lowest BCUT2D eigenvalue weighted by molar-refractivity contribution is 0.0729. The molecule has 1 fully saturated rings. The standard InChI is InChI=1S/C21H24FN3O5S/c1-15-6-7-16(14-18(15)22)20(26)23-8-9-24-21(27)17-4-2-3-5-19(17)31(28,29)25-10-12-30-13-11-25/h2-7,14H,8-13H2,1H3,(H,23,26)(H,24,27). The van der Waals surface area contributed by atoms with Crippen molar-refractivity contribution in [3.05, 3.63) is 65.0 Å². The van der Waals surface area contributed by atoms with Crippen LogP contribution in [0.15, 0.2) is 47.4 Å². The van der Waals surface area contributed by atoms with Gasteiger partial charge in [-0.3, -0.25) is 9.59 Å². The first-order valence-corrected chi connectivity index (χ1v) is 11.2. The Kier molecular flexibility index (Phi) is 7.37. The third kappa shape index (κ3) is 5.46. The van der Waals surface area contributed by atoms with Gasteiger partial charge < -0.3 is 15.4 Å². The van der Waals surface area contributed by atoms with Gasteiger partial charge in [0.15, 0.2) is 0 Å². The number of morpholine rings is 1. The van der Waals surface area contributed by atoms with Gasteiger partial charge >= 0.3 is 0 Å². The average molecular weight is 450 g/mol. The number of sulfonamides is 1. The summed E-state index contributed by atoms with van der Waals surface area (Å²) in [5.74, 6) is -1.51. The van der Waals surface area contributed by atoms with Crippen molar-refractivity contribution >= 4 is 21.8 Å². The van der Waals surface area contributed by atoms with Crippen LogP contribution in [0.3, 0.4) is 0 Å². The number of hydrogen-bond donors (Lipinski definition) is 2. The molecular formula is C21H24FN3O5S. The summed E-state index contributed by atoms with van der Waals surface area (Å²) in [6.07, 6.45) is 0. The molecule has 3 rings (SSSR count). The highest BCUT2D eigenvalue weighted by Gasteiger charge is 2.29. The molecule has 0 atom stereocenters. The van der Waals surface area contributed by atoms with E-state index < -0.39 is 27.7 Å². The van der Waals surface area contributed by atoms with E-state index in [4.69, 9.17) is 4.74 Å². The molecule has 0 aromatic heterocycles. The Morgan fingerprint density at radius 1 is 1.03 bits per heavy atom. The number of aryl methyl sites for hydroxylation is 1. The zero-order valence-electron chi connectivity index (χ0n) is 17.1. The van der Waals surface area contributed by atoms with Gasteiger partial charge in [-0.1, -0.05) is 18.2 Å². The number of hydrogen-bond acceptors (Lipinski definition) is 5. The van der Waals surface area contributed by atoms with E-state index >= 15 is 0 Å². The van der Waals surface area contributed by atoms with Crippen molar-refractivity contribution in [1.82, 2.24) is 14.9 Å². The Bertz CT molecular complexity index is 1070. The largest absolute Gasteiger partial charge is 0.379 e. The number of nitrogens with zero attached hydrogens (tertiary/aromatic N) is 1. The molecule has 1 aliphatic heterocycles. The summed E-state index contributed by atoms with van der Waals surface area (Å²) < 4.78 is 46.0. The van der Waals surface area contributed by atoms with Crippen molar-refractivity contribution in [1.29, 1.82) is 0 Å². The number of rotatable bonds is 7. The van der Waals surface area contributed by atoms with E-state index in [-0.39, 0.29) is 42.2 Å². The molecular weight excluding hydrogens is 425 g/mol. The zero-order chi connectivity index (χ0) is 22.4. The molecule has 31 heavy (non-hydrogen) atoms. The lowest BCUT2D eigenvalue weighted by Gasteiger charge is -2.26. The number of amides is 2. The molecule has 2 aromatic rings. The van der Waals surface area contributed by atoms with E-state index in [2.05, 4.69) is 10.6 Å². The van der Waals surface area contributed by atoms with Crippen LogP contribution in [0.1, 0.15) is 26.3 Å². The maximum atomic E-state index is 13.6. The molecule has 1 saturated heterocycles. The highest BCUT2D eigenvalue weighted by atomic mass is 32.2. The van der Waals surface area contributed by atoms with Crippen LogP contribution in [0, 0.1) is 12.7 Å². The molecule has 0 unspecified atom stereocenters. The number of halogens is 1. The summed E-state index contributed by atoms with van der Waals surface area (Å²) >= 11 is 0. The first-order chi connectivity index (χ1) is 14.8. The minimum Gasteiger partial charge on any atom is -0.379 e. The van der Waals surface area contributed by atoms with Gasteiger partial charge in [-0.15, -0.1) is 0 Å². The third-order valence-electron chi connectivity index (χ3n) is 4.85. The molecule has 166 valence electrons. The number of carbonyl (C=O) groups excluding carboxylic acids is 2. The van der Waals surface area contributed by atoms with Crippen LogP contribution in [-0.2, 0) is 14.8 Å². The van der Waals surface area contributed by atoms with Crippen molar-refractivity contribution in [2.75, 3.05) is 39.4 Å². The van der Waals surface area contributed by atoms with Crippen LogP contribution in [0.5, 0.6) is 0 Å². The topological polar surface area (TPSA) is 105 Å². The van der Waals surface area contributed by atoms with E-state index in [1.165, 1.54) is 28.6 Å². The molecule has 1 aliphatic rings. The van der Waals surface area contributed by atoms with Gasteiger partial charge in [-0.05, 0) is 36.8 Å². The van der Waals surface area contributed by atoms with E-state index in [9.17, 15) is 22.4 Å². The van der Waals surface area contributed by atoms with Crippen LogP contribution >= 0.6 is 0 Å². The fourth-order valence-electron chi connectivity index (χ4n) is 3.09. The molecule has 0 aliphatic carbocycles. The van der Waals surface area contributed by atoms with Crippen LogP contribution in [0.2, 0.25) is 0 Å². The van der Waals surface area contributed by atoms with E-state index in [1.54, 1.807) is 19.1 Å². The molecule has 10 heteroatoms. The van der Waals surface area contributed by atoms with Gasteiger partial charge in [-0.2, -0.15) is 4.31 Å². The SMILES string of the molecule is Cc1ccc(C(=O)NCCNC(=O)c2ccccc2S(=O)(=O)N2CCOCC2)cc1F. The third-order valence-corrected chi connectivity index (χ3v) is 6.81. The Balaban J connectivity index is 1.60. The van der Waals surface area contributed by atoms with Crippen LogP contribution in [-0.4, -0.2) is 63.9 Å². The highest BCUT2D eigenvalue weighted by Crippen LogP contribution is 2.21. The number of benzene rings is 2. The van der Waals surface area contributed by atoms with Crippen molar-refractivity contribution in [2.24, 2.45) is 0 Å². The van der Waals surface area contributed by atoms with Gasteiger partial charge in [0.25, 0.3) is 11.8 Å². The minimum absolute atomic E-state index is 0.0286. The molecule has 1 heterocycles. The van der Waals surface area contributed by atoms with Crippen LogP contribution in [0.4, 0.5) is 4.39 Å². The molecule has 0 saturated carbocycles. The second-order valence-electron chi connectivity index (χ2n) is 6.99. The Labute approximate surface area is 180 Å². The monoisotopic (exact) mass is 449 g/mol. The van der Waals surface area contributed by atoms with Gasteiger partial charge in [0, 0.05) is 31.7 Å². The second kappa shape index (κ2) is 9.99. The summed E-state index contributed by atoms with van der Waals surface area (Å²) in [4.78, 5) is 24.6.